The Morgan fingerprint density at radius 2 is 1.69 bits per heavy atom. The Labute approximate surface area is 282 Å². The highest BCUT2D eigenvalue weighted by Gasteiger charge is 2.43. The highest BCUT2D eigenvalue weighted by Crippen LogP contribution is 2.41. The number of sulfonamides is 1. The standard InChI is InChI=1S/C36H42N6O5S/c1-21(2)15-25-13-14-30(34-37-18-27(19-38-34)47-22(3)4)42-31(25)20-46-32-17-29(33-23(5)9-7-10-24(33)6)39-36(40-32)41-48(44,45)28-12-8-11-26(16-28)35(42)43/h7-12,16-19,21-22,25,30-31H,13-15,20H2,1-6H3,(H,39,40,41)/t25-,30+,31+/m0/s1. The number of ether oxygens (including phenoxy) is 2. The Morgan fingerprint density at radius 1 is 0.979 bits per heavy atom. The molecule has 0 spiro atoms. The number of carbonyl (C=O) groups excluding carboxylic acids is 1. The van der Waals surface area contributed by atoms with Crippen LogP contribution in [-0.4, -0.2) is 57.9 Å². The van der Waals surface area contributed by atoms with Gasteiger partial charge in [0.15, 0.2) is 11.6 Å². The highest BCUT2D eigenvalue weighted by atomic mass is 32.2. The Bertz CT molecular complexity index is 1890. The lowest BCUT2D eigenvalue weighted by atomic mass is 9.80. The molecule has 12 heteroatoms. The monoisotopic (exact) mass is 670 g/mol. The number of anilines is 1. The number of hydrogen-bond acceptors (Lipinski definition) is 9. The summed E-state index contributed by atoms with van der Waals surface area (Å²) in [5, 5.41) is 0. The van der Waals surface area contributed by atoms with E-state index in [0.29, 0.717) is 29.6 Å². The summed E-state index contributed by atoms with van der Waals surface area (Å²) >= 11 is 0. The quantitative estimate of drug-likeness (QED) is 0.243. The minimum absolute atomic E-state index is 0.0382. The van der Waals surface area contributed by atoms with E-state index in [0.717, 1.165) is 29.5 Å². The highest BCUT2D eigenvalue weighted by molar-refractivity contribution is 7.92. The summed E-state index contributed by atoms with van der Waals surface area (Å²) in [4.78, 5) is 34.8. The average molecular weight is 671 g/mol. The second-order valence-electron chi connectivity index (χ2n) is 13.3. The molecule has 4 aromatic rings. The molecule has 2 aliphatic heterocycles. The predicted molar refractivity (Wildman–Crippen MR) is 182 cm³/mol. The summed E-state index contributed by atoms with van der Waals surface area (Å²) in [5.74, 6) is 1.27. The molecule has 4 heterocycles. The van der Waals surface area contributed by atoms with Gasteiger partial charge in [-0.15, -0.1) is 0 Å². The van der Waals surface area contributed by atoms with Gasteiger partial charge in [0.25, 0.3) is 15.9 Å². The van der Waals surface area contributed by atoms with Gasteiger partial charge in [-0.2, -0.15) is 4.98 Å². The van der Waals surface area contributed by atoms with E-state index in [1.807, 2.05) is 45.9 Å². The van der Waals surface area contributed by atoms with E-state index >= 15 is 0 Å². The first kappa shape index (κ1) is 33.3. The van der Waals surface area contributed by atoms with Crippen LogP contribution in [0.3, 0.4) is 0 Å². The fourth-order valence-electron chi connectivity index (χ4n) is 6.82. The first-order valence-electron chi connectivity index (χ1n) is 16.4. The van der Waals surface area contributed by atoms with Gasteiger partial charge < -0.3 is 14.4 Å². The molecular formula is C36H42N6O5S. The first-order valence-corrected chi connectivity index (χ1v) is 17.9. The lowest BCUT2D eigenvalue weighted by Crippen LogP contribution is -2.53. The number of aromatic nitrogens is 4. The largest absolute Gasteiger partial charge is 0.488 e. The van der Waals surface area contributed by atoms with Crippen molar-refractivity contribution in [2.75, 3.05) is 11.3 Å². The molecule has 1 amide bonds. The van der Waals surface area contributed by atoms with Gasteiger partial charge in [-0.3, -0.25) is 4.79 Å². The summed E-state index contributed by atoms with van der Waals surface area (Å²) in [6.45, 7) is 12.3. The maximum Gasteiger partial charge on any atom is 0.264 e. The Kier molecular flexibility index (Phi) is 9.37. The molecule has 11 nitrogen and oxygen atoms in total. The van der Waals surface area contributed by atoms with Gasteiger partial charge >= 0.3 is 0 Å². The van der Waals surface area contributed by atoms with Crippen LogP contribution in [0.2, 0.25) is 0 Å². The zero-order valence-electron chi connectivity index (χ0n) is 28.2. The molecule has 252 valence electrons. The number of hydrogen-bond donors (Lipinski definition) is 1. The smallest absolute Gasteiger partial charge is 0.264 e. The van der Waals surface area contributed by atoms with Gasteiger partial charge in [0.2, 0.25) is 11.8 Å². The predicted octanol–water partition coefficient (Wildman–Crippen LogP) is 6.54. The summed E-state index contributed by atoms with van der Waals surface area (Å²) in [5.41, 5.74) is 3.59. The third-order valence-corrected chi connectivity index (χ3v) is 10.2. The topological polar surface area (TPSA) is 136 Å². The van der Waals surface area contributed by atoms with Crippen LogP contribution in [-0.2, 0) is 10.0 Å². The van der Waals surface area contributed by atoms with Crippen LogP contribution >= 0.6 is 0 Å². The van der Waals surface area contributed by atoms with Crippen molar-refractivity contribution in [1.29, 1.82) is 0 Å². The Hall–Kier alpha value is -4.58. The van der Waals surface area contributed by atoms with Gasteiger partial charge in [-0.1, -0.05) is 38.1 Å². The number of fused-ring (bicyclic) bond motifs is 5. The molecule has 0 radical (unpaired) electrons. The van der Waals surface area contributed by atoms with Crippen molar-refractivity contribution in [2.24, 2.45) is 11.8 Å². The molecule has 1 N–H and O–H groups in total. The van der Waals surface area contributed by atoms with Gasteiger partial charge in [-0.05, 0) is 88.1 Å². The molecule has 4 bridgehead atoms. The van der Waals surface area contributed by atoms with Gasteiger partial charge in [-0.25, -0.2) is 28.1 Å². The number of rotatable bonds is 6. The van der Waals surface area contributed by atoms with Crippen LogP contribution < -0.4 is 14.2 Å². The van der Waals surface area contributed by atoms with Crippen LogP contribution in [0.4, 0.5) is 5.95 Å². The van der Waals surface area contributed by atoms with Crippen LogP contribution in [0.1, 0.15) is 80.3 Å². The minimum atomic E-state index is -4.18. The van der Waals surface area contributed by atoms with Crippen molar-refractivity contribution in [2.45, 2.75) is 83.9 Å². The Balaban J connectivity index is 1.50. The second kappa shape index (κ2) is 13.5. The number of piperidine rings is 1. The molecule has 2 aromatic carbocycles. The van der Waals surface area contributed by atoms with E-state index in [1.165, 1.54) is 12.1 Å². The molecule has 3 atom stereocenters. The third kappa shape index (κ3) is 6.99. The average Bonchev–Trinajstić information content (AvgIpc) is 3.03. The maximum absolute atomic E-state index is 14.6. The fraction of sp³-hybridized carbons (Fsp3) is 0.417. The molecule has 1 fully saturated rings. The molecule has 48 heavy (non-hydrogen) atoms. The van der Waals surface area contributed by atoms with Crippen molar-refractivity contribution in [1.82, 2.24) is 24.8 Å². The van der Waals surface area contributed by atoms with Gasteiger partial charge in [0, 0.05) is 17.2 Å². The van der Waals surface area contributed by atoms with Crippen molar-refractivity contribution < 1.29 is 22.7 Å². The normalized spacial score (nSPS) is 20.5. The van der Waals surface area contributed by atoms with Gasteiger partial charge in [0.05, 0.1) is 41.2 Å². The van der Waals surface area contributed by atoms with Crippen LogP contribution in [0.15, 0.2) is 65.8 Å². The SMILES string of the molecule is Cc1cccc(C)c1-c1cc2nc(n1)NS(=O)(=O)c1cccc(c1)C(=O)N1[C@@H](c3ncc(OC(C)C)cn3)CC[C@@H](CC(C)C)[C@H]1CO2. The number of amides is 1. The van der Waals surface area contributed by atoms with Crippen molar-refractivity contribution in [3.05, 3.63) is 83.4 Å². The van der Waals surface area contributed by atoms with E-state index in [-0.39, 0.29) is 52.9 Å². The number of aryl methyl sites for hydroxylation is 2. The fourth-order valence-corrected chi connectivity index (χ4v) is 7.81. The van der Waals surface area contributed by atoms with Crippen LogP contribution in [0, 0.1) is 25.7 Å². The summed E-state index contributed by atoms with van der Waals surface area (Å²) in [6.07, 6.45) is 5.56. The van der Waals surface area contributed by atoms with E-state index in [1.54, 1.807) is 35.5 Å². The Morgan fingerprint density at radius 3 is 2.38 bits per heavy atom. The molecule has 1 saturated heterocycles. The van der Waals surface area contributed by atoms with Crippen molar-refractivity contribution >= 4 is 21.9 Å². The number of carbonyl (C=O) groups is 1. The summed E-state index contributed by atoms with van der Waals surface area (Å²) in [6, 6.07) is 12.9. The molecule has 2 aromatic heterocycles. The van der Waals surface area contributed by atoms with E-state index < -0.39 is 16.1 Å². The molecule has 0 aliphatic carbocycles. The maximum atomic E-state index is 14.6. The molecule has 0 saturated carbocycles. The number of benzene rings is 2. The summed E-state index contributed by atoms with van der Waals surface area (Å²) < 4.78 is 42.2. The zero-order chi connectivity index (χ0) is 34.2. The van der Waals surface area contributed by atoms with Crippen molar-refractivity contribution in [3.63, 3.8) is 0 Å². The van der Waals surface area contributed by atoms with E-state index in [9.17, 15) is 13.2 Å². The third-order valence-electron chi connectivity index (χ3n) is 8.83. The number of nitrogens with one attached hydrogen (secondary N) is 1. The minimum Gasteiger partial charge on any atom is -0.488 e. The molecule has 0 unspecified atom stereocenters. The van der Waals surface area contributed by atoms with Crippen LogP contribution in [0.5, 0.6) is 11.6 Å². The molecule has 6 rings (SSSR count). The lowest BCUT2D eigenvalue weighted by Gasteiger charge is -2.46. The van der Waals surface area contributed by atoms with Crippen LogP contribution in [0.25, 0.3) is 11.3 Å². The van der Waals surface area contributed by atoms with E-state index in [2.05, 4.69) is 38.5 Å². The molecule has 2 aliphatic rings. The van der Waals surface area contributed by atoms with Gasteiger partial charge in [0.1, 0.15) is 6.61 Å². The number of nitrogens with zero attached hydrogens (tertiary/aromatic N) is 5. The zero-order valence-corrected chi connectivity index (χ0v) is 29.0. The van der Waals surface area contributed by atoms with Crippen molar-refractivity contribution in [3.8, 4) is 22.9 Å². The molecular weight excluding hydrogens is 629 g/mol. The second-order valence-corrected chi connectivity index (χ2v) is 15.0. The first-order chi connectivity index (χ1) is 22.9. The lowest BCUT2D eigenvalue weighted by molar-refractivity contribution is 0.00467. The van der Waals surface area contributed by atoms with E-state index in [4.69, 9.17) is 9.47 Å². The summed E-state index contributed by atoms with van der Waals surface area (Å²) in [7, 11) is -4.18.